The summed E-state index contributed by atoms with van der Waals surface area (Å²) in [6.07, 6.45) is 4.56. The molecule has 0 aromatic rings. The Hall–Kier alpha value is -0.160. The zero-order valence-electron chi connectivity index (χ0n) is 13.6. The van der Waals surface area contributed by atoms with Crippen LogP contribution in [0.3, 0.4) is 0 Å². The maximum atomic E-state index is 5.54. The van der Waals surface area contributed by atoms with Crippen molar-refractivity contribution < 1.29 is 0 Å². The third-order valence-electron chi connectivity index (χ3n) is 3.43. The molecule has 0 saturated carbocycles. The molecule has 0 saturated heterocycles. The Morgan fingerprint density at radius 1 is 0.842 bits per heavy atom. The van der Waals surface area contributed by atoms with Crippen molar-refractivity contribution in [3.8, 4) is 0 Å². The topological polar surface area (TPSA) is 104 Å². The van der Waals surface area contributed by atoms with Gasteiger partial charge >= 0.3 is 0 Å². The van der Waals surface area contributed by atoms with Crippen molar-refractivity contribution in [2.75, 3.05) is 26.2 Å². The van der Waals surface area contributed by atoms with E-state index in [1.54, 1.807) is 0 Å². The van der Waals surface area contributed by atoms with Crippen LogP contribution in [-0.2, 0) is 0 Å². The molecule has 0 heterocycles. The van der Waals surface area contributed by atoms with Gasteiger partial charge in [0, 0.05) is 0 Å². The van der Waals surface area contributed by atoms with Crippen LogP contribution in [0.15, 0.2) is 0 Å². The fraction of sp³-hybridized carbons (Fsp3) is 1.00. The average molecular weight is 274 g/mol. The maximum absolute atomic E-state index is 5.54. The van der Waals surface area contributed by atoms with E-state index in [0.29, 0.717) is 17.3 Å². The first kappa shape index (κ1) is 21.1. The molecule has 0 rings (SSSR count). The predicted octanol–water partition coefficient (Wildman–Crippen LogP) is 1.67. The van der Waals surface area contributed by atoms with Gasteiger partial charge in [0.1, 0.15) is 0 Å². The summed E-state index contributed by atoms with van der Waals surface area (Å²) in [6.45, 7) is 12.0. The molecule has 0 aliphatic heterocycles. The van der Waals surface area contributed by atoms with E-state index in [0.717, 1.165) is 39.0 Å². The summed E-state index contributed by atoms with van der Waals surface area (Å²) >= 11 is 0. The highest BCUT2D eigenvalue weighted by molar-refractivity contribution is 4.72. The van der Waals surface area contributed by atoms with E-state index in [1.165, 1.54) is 12.8 Å². The van der Waals surface area contributed by atoms with Gasteiger partial charge in [0.25, 0.3) is 0 Å². The van der Waals surface area contributed by atoms with E-state index in [1.807, 2.05) is 0 Å². The lowest BCUT2D eigenvalue weighted by Gasteiger charge is -2.26. The highest BCUT2D eigenvalue weighted by Crippen LogP contribution is 2.27. The zero-order chi connectivity index (χ0) is 15.3. The smallest absolute Gasteiger partial charge is 0.00513 e. The van der Waals surface area contributed by atoms with Gasteiger partial charge in [0.2, 0.25) is 0 Å². The summed E-state index contributed by atoms with van der Waals surface area (Å²) in [6, 6.07) is 0. The Labute approximate surface area is 120 Å². The highest BCUT2D eigenvalue weighted by atomic mass is 14.6. The zero-order valence-corrected chi connectivity index (χ0v) is 13.6. The quantitative estimate of drug-likeness (QED) is 0.513. The van der Waals surface area contributed by atoms with Gasteiger partial charge in [-0.15, -0.1) is 0 Å². The SMILES string of the molecule is CC(CN)CC(C)(C)CCN.CC(CN)CCCN. The lowest BCUT2D eigenvalue weighted by atomic mass is 9.81. The first-order valence-electron chi connectivity index (χ1n) is 7.63. The van der Waals surface area contributed by atoms with Crippen molar-refractivity contribution in [2.45, 2.75) is 53.4 Å². The standard InChI is InChI=1S/C9H22N2.C6H16N2/c1-8(7-11)6-9(2,3)4-5-10;1-6(5-8)3-2-4-7/h8H,4-7,10-11H2,1-3H3;6H,2-5,7-8H2,1H3. The van der Waals surface area contributed by atoms with Crippen LogP contribution in [0.25, 0.3) is 0 Å². The number of rotatable bonds is 9. The van der Waals surface area contributed by atoms with Crippen LogP contribution < -0.4 is 22.9 Å². The van der Waals surface area contributed by atoms with Crippen molar-refractivity contribution in [3.05, 3.63) is 0 Å². The molecule has 0 amide bonds. The number of nitrogens with two attached hydrogens (primary N) is 4. The van der Waals surface area contributed by atoms with Crippen molar-refractivity contribution >= 4 is 0 Å². The lowest BCUT2D eigenvalue weighted by Crippen LogP contribution is -2.23. The lowest BCUT2D eigenvalue weighted by molar-refractivity contribution is 0.264. The fourth-order valence-corrected chi connectivity index (χ4v) is 2.10. The van der Waals surface area contributed by atoms with E-state index < -0.39 is 0 Å². The van der Waals surface area contributed by atoms with Crippen molar-refractivity contribution in [1.82, 2.24) is 0 Å². The molecule has 0 bridgehead atoms. The van der Waals surface area contributed by atoms with E-state index in [4.69, 9.17) is 22.9 Å². The molecule has 0 aliphatic rings. The molecule has 2 unspecified atom stereocenters. The summed E-state index contributed by atoms with van der Waals surface area (Å²) in [4.78, 5) is 0. The normalized spacial score (nSPS) is 14.5. The van der Waals surface area contributed by atoms with Crippen molar-refractivity contribution in [3.63, 3.8) is 0 Å². The van der Waals surface area contributed by atoms with Gasteiger partial charge in [0.05, 0.1) is 0 Å². The van der Waals surface area contributed by atoms with Crippen molar-refractivity contribution in [2.24, 2.45) is 40.2 Å². The monoisotopic (exact) mass is 274 g/mol. The minimum atomic E-state index is 0.369. The Bertz CT molecular complexity index is 183. The Morgan fingerprint density at radius 2 is 1.37 bits per heavy atom. The molecule has 118 valence electrons. The summed E-state index contributed by atoms with van der Waals surface area (Å²) in [5.74, 6) is 1.27. The second kappa shape index (κ2) is 12.9. The second-order valence-corrected chi connectivity index (χ2v) is 6.52. The molecule has 19 heavy (non-hydrogen) atoms. The average Bonchev–Trinajstić information content (AvgIpc) is 2.35. The molecule has 2 atom stereocenters. The number of hydrogen-bond acceptors (Lipinski definition) is 4. The molecule has 0 fully saturated rings. The largest absolute Gasteiger partial charge is 0.330 e. The van der Waals surface area contributed by atoms with E-state index >= 15 is 0 Å². The summed E-state index contributed by atoms with van der Waals surface area (Å²) < 4.78 is 0. The first-order valence-corrected chi connectivity index (χ1v) is 7.63. The van der Waals surface area contributed by atoms with Crippen LogP contribution in [0, 0.1) is 17.3 Å². The van der Waals surface area contributed by atoms with Gasteiger partial charge in [-0.3, -0.25) is 0 Å². The summed E-state index contributed by atoms with van der Waals surface area (Å²) in [7, 11) is 0. The summed E-state index contributed by atoms with van der Waals surface area (Å²) in [5.41, 5.74) is 22.1. The molecule has 0 radical (unpaired) electrons. The van der Waals surface area contributed by atoms with Gasteiger partial charge in [-0.25, -0.2) is 0 Å². The summed E-state index contributed by atoms with van der Waals surface area (Å²) in [5, 5.41) is 0. The van der Waals surface area contributed by atoms with E-state index in [2.05, 4.69) is 27.7 Å². The second-order valence-electron chi connectivity index (χ2n) is 6.52. The predicted molar refractivity (Wildman–Crippen MR) is 86.8 cm³/mol. The fourth-order valence-electron chi connectivity index (χ4n) is 2.10. The van der Waals surface area contributed by atoms with Crippen LogP contribution in [0.1, 0.15) is 53.4 Å². The van der Waals surface area contributed by atoms with E-state index in [-0.39, 0.29) is 0 Å². The molecular formula is C15H38N4. The molecule has 0 aromatic heterocycles. The van der Waals surface area contributed by atoms with Crippen LogP contribution in [-0.4, -0.2) is 26.2 Å². The van der Waals surface area contributed by atoms with E-state index in [9.17, 15) is 0 Å². The molecule has 0 spiro atoms. The minimum absolute atomic E-state index is 0.369. The molecule has 0 aromatic carbocycles. The Morgan fingerprint density at radius 3 is 1.74 bits per heavy atom. The van der Waals surface area contributed by atoms with Gasteiger partial charge in [-0.1, -0.05) is 27.7 Å². The van der Waals surface area contributed by atoms with Crippen LogP contribution in [0.4, 0.5) is 0 Å². The molecule has 0 aliphatic carbocycles. The van der Waals surface area contributed by atoms with Crippen LogP contribution in [0.5, 0.6) is 0 Å². The van der Waals surface area contributed by atoms with Gasteiger partial charge in [-0.05, 0) is 69.1 Å². The van der Waals surface area contributed by atoms with Gasteiger partial charge < -0.3 is 22.9 Å². The third-order valence-corrected chi connectivity index (χ3v) is 3.43. The molecular weight excluding hydrogens is 236 g/mol. The molecule has 4 heteroatoms. The van der Waals surface area contributed by atoms with Crippen molar-refractivity contribution in [1.29, 1.82) is 0 Å². The van der Waals surface area contributed by atoms with Crippen LogP contribution >= 0.6 is 0 Å². The van der Waals surface area contributed by atoms with Gasteiger partial charge in [-0.2, -0.15) is 0 Å². The minimum Gasteiger partial charge on any atom is -0.330 e. The third kappa shape index (κ3) is 15.8. The van der Waals surface area contributed by atoms with Crippen LogP contribution in [0.2, 0.25) is 0 Å². The van der Waals surface area contributed by atoms with Gasteiger partial charge in [0.15, 0.2) is 0 Å². The first-order chi connectivity index (χ1) is 8.82. The highest BCUT2D eigenvalue weighted by Gasteiger charge is 2.19. The maximum Gasteiger partial charge on any atom is -0.00513 e. The Kier molecular flexibility index (Phi) is 14.3. The molecule has 8 N–H and O–H groups in total. The molecule has 4 nitrogen and oxygen atoms in total. The Balaban J connectivity index is 0. The number of hydrogen-bond donors (Lipinski definition) is 4.